The Kier molecular flexibility index (Phi) is 11.9. The molecule has 20 heteroatoms. The third-order valence-electron chi connectivity index (χ3n) is 5.13. The average Bonchev–Trinajstić information content (AvgIpc) is 2.95. The number of carbonyl (C=O) groups excluding carboxylic acids is 2. The molecule has 3 aromatic carbocycles. The van der Waals surface area contributed by atoms with Gasteiger partial charge in [-0.15, -0.1) is 9.45 Å². The predicted molar refractivity (Wildman–Crippen MR) is 155 cm³/mol. The molecule has 3 rings (SSSR count). The van der Waals surface area contributed by atoms with E-state index in [-0.39, 0.29) is 52.2 Å². The number of primary amides is 1. The predicted octanol–water partition coefficient (Wildman–Crippen LogP) is 3.88. The second-order valence-electron chi connectivity index (χ2n) is 8.20. The molecule has 0 saturated heterocycles. The Hall–Kier alpha value is -4.15. The van der Waals surface area contributed by atoms with Crippen molar-refractivity contribution in [2.24, 2.45) is 16.0 Å². The lowest BCUT2D eigenvalue weighted by atomic mass is 10.2. The van der Waals surface area contributed by atoms with Gasteiger partial charge in [0.05, 0.1) is 28.6 Å². The second kappa shape index (κ2) is 15.4. The van der Waals surface area contributed by atoms with Crippen LogP contribution in [-0.2, 0) is 33.5 Å². The number of benzene rings is 3. The first-order chi connectivity index (χ1) is 20.4. The molecule has 0 fully saturated rings. The monoisotopic (exact) mass is 656 g/mol. The van der Waals surface area contributed by atoms with Crippen molar-refractivity contribution in [1.29, 1.82) is 0 Å². The first-order valence-electron chi connectivity index (χ1n) is 11.7. The molecule has 0 aliphatic carbocycles. The number of nitrogens with two attached hydrogens (primary N) is 1. The summed E-state index contributed by atoms with van der Waals surface area (Å²) in [5.41, 5.74) is 6.69. The Labute approximate surface area is 249 Å². The van der Waals surface area contributed by atoms with Gasteiger partial charge in [0, 0.05) is 16.9 Å². The third kappa shape index (κ3) is 11.2. The van der Waals surface area contributed by atoms with Crippen LogP contribution >= 0.6 is 12.3 Å². The first-order valence-corrected chi connectivity index (χ1v) is 15.6. The molecule has 0 radical (unpaired) electrons. The molecular formula is C23H24N6O11S3. The largest absolute Gasteiger partial charge is 0.370 e. The van der Waals surface area contributed by atoms with Crippen LogP contribution in [0.3, 0.4) is 0 Å². The van der Waals surface area contributed by atoms with Gasteiger partial charge < -0.3 is 21.7 Å². The fraction of sp³-hybridized carbons (Fsp3) is 0.130. The number of rotatable bonds is 15. The normalized spacial score (nSPS) is 11.8. The number of amides is 3. The van der Waals surface area contributed by atoms with Crippen LogP contribution in [0.2, 0.25) is 0 Å². The van der Waals surface area contributed by atoms with Crippen molar-refractivity contribution in [3.8, 4) is 0 Å². The number of nitrogens with zero attached hydrogens (tertiary/aromatic N) is 2. The van der Waals surface area contributed by atoms with Gasteiger partial charge in [-0.2, -0.15) is 13.5 Å². The molecule has 3 amide bonds. The Morgan fingerprint density at radius 1 is 0.907 bits per heavy atom. The van der Waals surface area contributed by atoms with Gasteiger partial charge in [-0.1, -0.05) is 5.04 Å². The highest BCUT2D eigenvalue weighted by molar-refractivity contribution is 7.91. The maximum Gasteiger partial charge on any atom is 0.316 e. The van der Waals surface area contributed by atoms with Crippen LogP contribution in [0.5, 0.6) is 0 Å². The van der Waals surface area contributed by atoms with Gasteiger partial charge in [0.1, 0.15) is 11.6 Å². The summed E-state index contributed by atoms with van der Waals surface area (Å²) in [5.74, 6) is -1.60. The number of hydrogen-bond acceptors (Lipinski definition) is 14. The number of sulfone groups is 1. The van der Waals surface area contributed by atoms with Gasteiger partial charge in [0.25, 0.3) is 16.0 Å². The fourth-order valence-electron chi connectivity index (χ4n) is 3.21. The molecule has 3 aromatic rings. The summed E-state index contributed by atoms with van der Waals surface area (Å²) < 4.78 is 64.3. The minimum Gasteiger partial charge on any atom is -0.370 e. The molecule has 0 spiro atoms. The molecule has 0 bridgehead atoms. The zero-order valence-corrected chi connectivity index (χ0v) is 24.2. The van der Waals surface area contributed by atoms with E-state index < -0.39 is 37.8 Å². The zero-order chi connectivity index (χ0) is 31.5. The lowest BCUT2D eigenvalue weighted by Crippen LogP contribution is -2.19. The molecule has 0 aromatic heterocycles. The summed E-state index contributed by atoms with van der Waals surface area (Å²) in [5, 5.41) is 26.9. The van der Waals surface area contributed by atoms with Crippen molar-refractivity contribution in [3.05, 3.63) is 72.3 Å². The van der Waals surface area contributed by atoms with Gasteiger partial charge in [0.2, 0.25) is 0 Å². The Morgan fingerprint density at radius 3 is 2.21 bits per heavy atom. The van der Waals surface area contributed by atoms with E-state index in [1.807, 2.05) is 0 Å². The van der Waals surface area contributed by atoms with Crippen LogP contribution in [0.4, 0.5) is 33.2 Å². The maximum absolute atomic E-state index is 12.7. The molecule has 0 aliphatic rings. The Bertz CT molecular complexity index is 1670. The molecular weight excluding hydrogens is 632 g/mol. The number of nitrogens with one attached hydrogen (secondary N) is 3. The van der Waals surface area contributed by atoms with Gasteiger partial charge in [0.15, 0.2) is 22.2 Å². The molecule has 7 N–H and O–H groups in total. The van der Waals surface area contributed by atoms with Gasteiger partial charge >= 0.3 is 6.03 Å². The van der Waals surface area contributed by atoms with E-state index in [9.17, 15) is 26.4 Å². The number of anilines is 3. The van der Waals surface area contributed by atoms with Crippen molar-refractivity contribution < 1.29 is 49.8 Å². The SMILES string of the molecule is NC(=O)Nc1cc(NCS(=O)(=O)O)ccc1/N=N/c1ccc(C(=O)Nc2ccc(S(=O)(=O)CCOSOOO)cc2)cc1. The summed E-state index contributed by atoms with van der Waals surface area (Å²) in [7, 11) is -7.97. The fourth-order valence-corrected chi connectivity index (χ4v) is 4.97. The van der Waals surface area contributed by atoms with Crippen LogP contribution in [-0.4, -0.2) is 56.8 Å². The van der Waals surface area contributed by atoms with Crippen LogP contribution < -0.4 is 21.7 Å². The van der Waals surface area contributed by atoms with Gasteiger partial charge in [-0.25, -0.2) is 18.5 Å². The smallest absolute Gasteiger partial charge is 0.316 e. The van der Waals surface area contributed by atoms with E-state index in [1.165, 1.54) is 66.7 Å². The molecule has 0 aliphatic heterocycles. The zero-order valence-electron chi connectivity index (χ0n) is 21.7. The first kappa shape index (κ1) is 33.4. The summed E-state index contributed by atoms with van der Waals surface area (Å²) in [6, 6.07) is 14.8. The minimum absolute atomic E-state index is 0.00586. The highest BCUT2D eigenvalue weighted by atomic mass is 32.2. The topological polar surface area (TPSA) is 257 Å². The summed E-state index contributed by atoms with van der Waals surface area (Å²) in [4.78, 5) is 24.0. The molecule has 0 unspecified atom stereocenters. The van der Waals surface area contributed by atoms with E-state index in [4.69, 9.17) is 19.7 Å². The quantitative estimate of drug-likeness (QED) is 0.0339. The average molecular weight is 657 g/mol. The Balaban J connectivity index is 1.62. The molecule has 0 heterocycles. The van der Waals surface area contributed by atoms with Crippen molar-refractivity contribution in [2.45, 2.75) is 4.90 Å². The van der Waals surface area contributed by atoms with E-state index >= 15 is 0 Å². The number of azo groups is 1. The lowest BCUT2D eigenvalue weighted by Gasteiger charge is -2.10. The standard InChI is InChI=1S/C23H24N6O11S3/c24-23(31)27-21-13-18(25-14-43(35,36)37)7-10-20(21)29-28-17-3-1-15(2-4-17)22(30)26-16-5-8-19(9-6-16)42(33,34)12-11-38-41-40-39-32/h1-10,13,25,32H,11-12,14H2,(H,26,30)(H3,24,27,31)(H,35,36,37)/b29-28+. The molecule has 230 valence electrons. The lowest BCUT2D eigenvalue weighted by molar-refractivity contribution is -0.434. The van der Waals surface area contributed by atoms with E-state index in [0.717, 1.165) is 0 Å². The van der Waals surface area contributed by atoms with Crippen LogP contribution in [0, 0.1) is 0 Å². The van der Waals surface area contributed by atoms with E-state index in [0.29, 0.717) is 11.4 Å². The number of urea groups is 1. The van der Waals surface area contributed by atoms with Crippen molar-refractivity contribution in [3.63, 3.8) is 0 Å². The van der Waals surface area contributed by atoms with Crippen LogP contribution in [0.25, 0.3) is 0 Å². The molecule has 0 atom stereocenters. The summed E-state index contributed by atoms with van der Waals surface area (Å²) in [6.45, 7) is -0.237. The number of carbonyl (C=O) groups is 2. The van der Waals surface area contributed by atoms with Crippen molar-refractivity contribution >= 4 is 72.7 Å². The van der Waals surface area contributed by atoms with Crippen molar-refractivity contribution in [1.82, 2.24) is 0 Å². The maximum atomic E-state index is 12.7. The minimum atomic E-state index is -4.29. The molecule has 17 nitrogen and oxygen atoms in total. The van der Waals surface area contributed by atoms with Crippen LogP contribution in [0.15, 0.2) is 81.9 Å². The van der Waals surface area contributed by atoms with Crippen molar-refractivity contribution in [2.75, 3.05) is 34.2 Å². The van der Waals surface area contributed by atoms with Gasteiger partial charge in [-0.05, 0) is 66.7 Å². The molecule has 43 heavy (non-hydrogen) atoms. The third-order valence-corrected chi connectivity index (χ3v) is 7.71. The van der Waals surface area contributed by atoms with Gasteiger partial charge in [-0.3, -0.25) is 13.5 Å². The highest BCUT2D eigenvalue weighted by Crippen LogP contribution is 2.30. The van der Waals surface area contributed by atoms with E-state index in [2.05, 4.69) is 35.6 Å². The summed E-state index contributed by atoms with van der Waals surface area (Å²) >= 11 is 0.266. The highest BCUT2D eigenvalue weighted by Gasteiger charge is 2.15. The second-order valence-corrected chi connectivity index (χ2v) is 12.3. The molecule has 0 saturated carbocycles. The van der Waals surface area contributed by atoms with Crippen LogP contribution in [0.1, 0.15) is 10.4 Å². The number of hydrogen-bond donors (Lipinski definition) is 6. The van der Waals surface area contributed by atoms with E-state index in [1.54, 1.807) is 0 Å². The summed E-state index contributed by atoms with van der Waals surface area (Å²) in [6.07, 6.45) is 0. The Morgan fingerprint density at radius 2 is 1.58 bits per heavy atom.